The lowest BCUT2D eigenvalue weighted by atomic mass is 10.1. The lowest BCUT2D eigenvalue weighted by Gasteiger charge is -1.98. The van der Waals surface area contributed by atoms with Crippen LogP contribution in [0, 0.1) is 5.92 Å². The molecule has 0 rings (SSSR count). The third-order valence-electron chi connectivity index (χ3n) is 2.01. The third-order valence-corrected chi connectivity index (χ3v) is 2.01. The Labute approximate surface area is 107 Å². The minimum Gasteiger partial charge on any atom is -0.0862 e. The highest BCUT2D eigenvalue weighted by Gasteiger charge is 1.88. The lowest BCUT2D eigenvalue weighted by molar-refractivity contribution is 0.544. The van der Waals surface area contributed by atoms with Crippen LogP contribution in [0.15, 0.2) is 11.6 Å². The number of allylic oxidation sites excluding steroid dienone is 2. The van der Waals surface area contributed by atoms with Gasteiger partial charge in [0.15, 0.2) is 0 Å². The first-order chi connectivity index (χ1) is 7.58. The zero-order chi connectivity index (χ0) is 14.0. The second-order valence-corrected chi connectivity index (χ2v) is 3.61. The van der Waals surface area contributed by atoms with E-state index in [-0.39, 0.29) is 0 Å². The average Bonchev–Trinajstić information content (AvgIpc) is 2.33. The zero-order valence-corrected chi connectivity index (χ0v) is 13.8. The van der Waals surface area contributed by atoms with Crippen molar-refractivity contribution < 1.29 is 0 Å². The summed E-state index contributed by atoms with van der Waals surface area (Å²) in [7, 11) is 0. The summed E-state index contributed by atoms with van der Waals surface area (Å²) in [5.41, 5.74) is 1.41. The Balaban J connectivity index is -0.0000000686. The normalized spacial score (nSPS) is 7.44. The van der Waals surface area contributed by atoms with Crippen LogP contribution in [-0.4, -0.2) is 0 Å². The van der Waals surface area contributed by atoms with E-state index in [4.69, 9.17) is 0 Å². The van der Waals surface area contributed by atoms with Gasteiger partial charge in [0.1, 0.15) is 0 Å². The van der Waals surface area contributed by atoms with Crippen LogP contribution in [0.4, 0.5) is 0 Å². The van der Waals surface area contributed by atoms with Gasteiger partial charge in [-0.2, -0.15) is 0 Å². The van der Waals surface area contributed by atoms with Gasteiger partial charge in [0.2, 0.25) is 0 Å². The van der Waals surface area contributed by atoms with E-state index in [0.29, 0.717) is 0 Å². The highest BCUT2D eigenvalue weighted by molar-refractivity contribution is 4.91. The Morgan fingerprint density at radius 3 is 1.19 bits per heavy atom. The smallest absolute Gasteiger partial charge is 0.0377 e. The summed E-state index contributed by atoms with van der Waals surface area (Å²) < 4.78 is 0. The Morgan fingerprint density at radius 2 is 1.19 bits per heavy atom. The molecule has 0 heteroatoms. The molecule has 16 heavy (non-hydrogen) atoms. The molecule has 0 aromatic rings. The van der Waals surface area contributed by atoms with Crippen LogP contribution in [0.3, 0.4) is 0 Å². The van der Waals surface area contributed by atoms with E-state index in [0.717, 1.165) is 5.92 Å². The summed E-state index contributed by atoms with van der Waals surface area (Å²) in [4.78, 5) is 0. The predicted molar refractivity (Wildman–Crippen MR) is 82.2 cm³/mol. The fourth-order valence-corrected chi connectivity index (χ4v) is 0.697. The fraction of sp³-hybridized carbons (Fsp3) is 0.875. The van der Waals surface area contributed by atoms with E-state index >= 15 is 0 Å². The van der Waals surface area contributed by atoms with Crippen molar-refractivity contribution in [3.05, 3.63) is 11.6 Å². The number of hydrogen-bond acceptors (Lipinski definition) is 0. The molecule has 0 nitrogen and oxygen atoms in total. The minimum atomic E-state index is 0.935. The molecule has 0 saturated carbocycles. The largest absolute Gasteiger partial charge is 0.0862 e. The van der Waals surface area contributed by atoms with Crippen LogP contribution < -0.4 is 0 Å². The van der Waals surface area contributed by atoms with Crippen molar-refractivity contribution in [1.82, 2.24) is 0 Å². The molecule has 0 saturated heterocycles. The zero-order valence-electron chi connectivity index (χ0n) is 13.8. The topological polar surface area (TPSA) is 0 Å². The third kappa shape index (κ3) is 49.1. The van der Waals surface area contributed by atoms with Gasteiger partial charge in [0.25, 0.3) is 0 Å². The molecule has 0 N–H and O–H groups in total. The molecule has 0 spiro atoms. The molecule has 0 aliphatic carbocycles. The van der Waals surface area contributed by atoms with Crippen LogP contribution in [-0.2, 0) is 0 Å². The molecule has 0 bridgehead atoms. The first-order valence-electron chi connectivity index (χ1n) is 7.21. The maximum absolute atomic E-state index is 2.28. The van der Waals surface area contributed by atoms with Gasteiger partial charge in [-0.05, 0) is 26.2 Å². The highest BCUT2D eigenvalue weighted by atomic mass is 13.9. The maximum Gasteiger partial charge on any atom is -0.0377 e. The standard InChI is InChI=1S/C6H12.C6H14.2C2H6/c1-4-5-6(2)3;1-4-6(3)5-2;2*1-2/h5H,4H2,1-3H3;6H,4-5H2,1-3H3;2*1-2H3. The number of rotatable bonds is 3. The molecule has 0 aliphatic rings. The Hall–Kier alpha value is -0.260. The summed E-state index contributed by atoms with van der Waals surface area (Å²) in [5.74, 6) is 0.935. The molecule has 0 fully saturated rings. The fourth-order valence-electron chi connectivity index (χ4n) is 0.697. The molecule has 0 heterocycles. The molecule has 0 unspecified atom stereocenters. The maximum atomic E-state index is 2.28. The van der Waals surface area contributed by atoms with Crippen LogP contribution in [0.5, 0.6) is 0 Å². The molecule has 0 aromatic carbocycles. The van der Waals surface area contributed by atoms with Gasteiger partial charge < -0.3 is 0 Å². The SMILES string of the molecule is CC.CC.CCC(C)CC.CCC=C(C)C. The van der Waals surface area contributed by atoms with Crippen LogP contribution in [0.25, 0.3) is 0 Å². The number of hydrogen-bond donors (Lipinski definition) is 0. The lowest BCUT2D eigenvalue weighted by Crippen LogP contribution is -1.85. The van der Waals surface area contributed by atoms with Gasteiger partial charge in [-0.3, -0.25) is 0 Å². The summed E-state index contributed by atoms with van der Waals surface area (Å²) in [5, 5.41) is 0. The van der Waals surface area contributed by atoms with Crippen molar-refractivity contribution in [2.24, 2.45) is 5.92 Å². The highest BCUT2D eigenvalue weighted by Crippen LogP contribution is 2.02. The molecule has 0 aliphatic heterocycles. The van der Waals surface area contributed by atoms with Crippen LogP contribution >= 0.6 is 0 Å². The minimum absolute atomic E-state index is 0.935. The average molecular weight is 230 g/mol. The molecular formula is C16H38. The van der Waals surface area contributed by atoms with E-state index in [2.05, 4.69) is 47.6 Å². The van der Waals surface area contributed by atoms with Gasteiger partial charge in [-0.25, -0.2) is 0 Å². The summed E-state index contributed by atoms with van der Waals surface area (Å²) in [6.07, 6.45) is 6.04. The monoisotopic (exact) mass is 230 g/mol. The van der Waals surface area contributed by atoms with Gasteiger partial charge >= 0.3 is 0 Å². The molecule has 0 radical (unpaired) electrons. The van der Waals surface area contributed by atoms with Crippen molar-refractivity contribution in [2.45, 2.75) is 88.5 Å². The molecular weight excluding hydrogens is 192 g/mol. The van der Waals surface area contributed by atoms with Gasteiger partial charge in [-0.1, -0.05) is 79.9 Å². The van der Waals surface area contributed by atoms with Crippen molar-refractivity contribution in [1.29, 1.82) is 0 Å². The summed E-state index contributed by atoms with van der Waals surface area (Å²) in [6, 6.07) is 0. The second-order valence-electron chi connectivity index (χ2n) is 3.61. The summed E-state index contributed by atoms with van der Waals surface area (Å²) in [6.45, 7) is 21.1. The van der Waals surface area contributed by atoms with E-state index in [1.165, 1.54) is 24.8 Å². The quantitative estimate of drug-likeness (QED) is 0.465. The van der Waals surface area contributed by atoms with Crippen LogP contribution in [0.2, 0.25) is 0 Å². The second kappa shape index (κ2) is 29.3. The van der Waals surface area contributed by atoms with Crippen molar-refractivity contribution in [3.63, 3.8) is 0 Å². The van der Waals surface area contributed by atoms with Gasteiger partial charge in [0, 0.05) is 0 Å². The van der Waals surface area contributed by atoms with E-state index in [1.54, 1.807) is 0 Å². The van der Waals surface area contributed by atoms with E-state index in [1.807, 2.05) is 27.7 Å². The van der Waals surface area contributed by atoms with Crippen LogP contribution in [0.1, 0.15) is 88.5 Å². The molecule has 0 aromatic heterocycles. The van der Waals surface area contributed by atoms with Gasteiger partial charge in [-0.15, -0.1) is 0 Å². The Bertz CT molecular complexity index is 92.6. The van der Waals surface area contributed by atoms with Gasteiger partial charge in [0.05, 0.1) is 0 Å². The molecule has 0 atom stereocenters. The Morgan fingerprint density at radius 1 is 0.875 bits per heavy atom. The van der Waals surface area contributed by atoms with Crippen molar-refractivity contribution in [3.8, 4) is 0 Å². The van der Waals surface area contributed by atoms with Crippen molar-refractivity contribution in [2.75, 3.05) is 0 Å². The first kappa shape index (κ1) is 24.8. The van der Waals surface area contributed by atoms with Crippen molar-refractivity contribution >= 4 is 0 Å². The van der Waals surface area contributed by atoms with E-state index < -0.39 is 0 Å². The molecule has 102 valence electrons. The predicted octanol–water partition coefficient (Wildman–Crippen LogP) is 6.86. The Kier molecular flexibility index (Phi) is 45.5. The van der Waals surface area contributed by atoms with E-state index in [9.17, 15) is 0 Å². The first-order valence-corrected chi connectivity index (χ1v) is 7.21. The summed E-state index contributed by atoms with van der Waals surface area (Å²) >= 11 is 0. The molecule has 0 amide bonds.